The molecule has 1 heterocycles. The Hall–Kier alpha value is 0.160. The van der Waals surface area contributed by atoms with Gasteiger partial charge in [-0.2, -0.15) is 0 Å². The van der Waals surface area contributed by atoms with Crippen LogP contribution in [0.2, 0.25) is 0 Å². The fourth-order valence-corrected chi connectivity index (χ4v) is 3.57. The van der Waals surface area contributed by atoms with Gasteiger partial charge in [-0.25, -0.2) is 4.39 Å². The SMILES string of the molecule is CC(C)C1(F)CCP(C)(=O)CC1. The van der Waals surface area contributed by atoms with Crippen LogP contribution in [-0.4, -0.2) is 24.7 Å². The van der Waals surface area contributed by atoms with Crippen molar-refractivity contribution in [2.75, 3.05) is 19.0 Å². The maximum absolute atomic E-state index is 13.9. The molecule has 0 aliphatic carbocycles. The highest BCUT2D eigenvalue weighted by Crippen LogP contribution is 2.52. The summed E-state index contributed by atoms with van der Waals surface area (Å²) in [5.74, 6) is 0.0674. The maximum Gasteiger partial charge on any atom is 0.114 e. The minimum Gasteiger partial charge on any atom is -0.324 e. The first kappa shape index (κ1) is 10.2. The average Bonchev–Trinajstić information content (AvgIpc) is 1.96. The summed E-state index contributed by atoms with van der Waals surface area (Å²) in [5, 5.41) is 0. The highest BCUT2D eigenvalue weighted by molar-refractivity contribution is 7.63. The molecule has 1 aliphatic heterocycles. The predicted octanol–water partition coefficient (Wildman–Crippen LogP) is 3.14. The summed E-state index contributed by atoms with van der Waals surface area (Å²) in [6.45, 7) is 5.62. The van der Waals surface area contributed by atoms with Gasteiger partial charge in [-0.15, -0.1) is 0 Å². The summed E-state index contributed by atoms with van der Waals surface area (Å²) in [6, 6.07) is 0. The Morgan fingerprint density at radius 2 is 1.75 bits per heavy atom. The lowest BCUT2D eigenvalue weighted by atomic mass is 9.87. The van der Waals surface area contributed by atoms with Crippen molar-refractivity contribution in [3.05, 3.63) is 0 Å². The van der Waals surface area contributed by atoms with E-state index in [-0.39, 0.29) is 5.92 Å². The third-order valence-electron chi connectivity index (χ3n) is 3.04. The van der Waals surface area contributed by atoms with Crippen LogP contribution in [0.25, 0.3) is 0 Å². The van der Waals surface area contributed by atoms with Crippen molar-refractivity contribution < 1.29 is 8.96 Å². The summed E-state index contributed by atoms with van der Waals surface area (Å²) >= 11 is 0. The highest BCUT2D eigenvalue weighted by atomic mass is 31.2. The molecule has 0 radical (unpaired) electrons. The van der Waals surface area contributed by atoms with E-state index < -0.39 is 12.8 Å². The van der Waals surface area contributed by atoms with Gasteiger partial charge in [0.15, 0.2) is 0 Å². The summed E-state index contributed by atoms with van der Waals surface area (Å²) in [7, 11) is -1.95. The molecule has 0 unspecified atom stereocenters. The lowest BCUT2D eigenvalue weighted by Crippen LogP contribution is -2.35. The first-order valence-corrected chi connectivity index (χ1v) is 7.13. The lowest BCUT2D eigenvalue weighted by Gasteiger charge is -2.35. The van der Waals surface area contributed by atoms with E-state index in [0.717, 1.165) is 0 Å². The number of hydrogen-bond donors (Lipinski definition) is 0. The van der Waals surface area contributed by atoms with E-state index in [4.69, 9.17) is 0 Å². The van der Waals surface area contributed by atoms with Crippen LogP contribution in [0, 0.1) is 5.92 Å². The van der Waals surface area contributed by atoms with Crippen LogP contribution in [0.3, 0.4) is 0 Å². The fourth-order valence-electron chi connectivity index (χ4n) is 1.66. The van der Waals surface area contributed by atoms with Crippen LogP contribution in [0.1, 0.15) is 26.7 Å². The van der Waals surface area contributed by atoms with Gasteiger partial charge in [-0.05, 0) is 25.4 Å². The molecule has 72 valence electrons. The molecule has 1 fully saturated rings. The molecular formula is C9H18FOP. The Labute approximate surface area is 74.1 Å². The third kappa shape index (κ3) is 2.10. The average molecular weight is 192 g/mol. The van der Waals surface area contributed by atoms with Gasteiger partial charge >= 0.3 is 0 Å². The van der Waals surface area contributed by atoms with Crippen LogP contribution in [0.4, 0.5) is 4.39 Å². The predicted molar refractivity (Wildman–Crippen MR) is 51.2 cm³/mol. The van der Waals surface area contributed by atoms with Crippen molar-refractivity contribution in [2.45, 2.75) is 32.4 Å². The molecule has 12 heavy (non-hydrogen) atoms. The molecular weight excluding hydrogens is 174 g/mol. The van der Waals surface area contributed by atoms with Crippen molar-refractivity contribution in [1.29, 1.82) is 0 Å². The molecule has 0 N–H and O–H groups in total. The van der Waals surface area contributed by atoms with Crippen molar-refractivity contribution in [2.24, 2.45) is 5.92 Å². The Bertz CT molecular complexity index is 201. The first-order valence-electron chi connectivity index (χ1n) is 4.60. The van der Waals surface area contributed by atoms with Gasteiger partial charge < -0.3 is 4.57 Å². The Balaban J connectivity index is 2.62. The molecule has 1 saturated heterocycles. The van der Waals surface area contributed by atoms with E-state index in [9.17, 15) is 8.96 Å². The largest absolute Gasteiger partial charge is 0.324 e. The summed E-state index contributed by atoms with van der Waals surface area (Å²) in [4.78, 5) is 0. The summed E-state index contributed by atoms with van der Waals surface area (Å²) < 4.78 is 25.5. The molecule has 0 atom stereocenters. The van der Waals surface area contributed by atoms with Crippen LogP contribution in [0.15, 0.2) is 0 Å². The van der Waals surface area contributed by atoms with E-state index >= 15 is 0 Å². The van der Waals surface area contributed by atoms with E-state index in [0.29, 0.717) is 25.2 Å². The first-order chi connectivity index (χ1) is 5.36. The van der Waals surface area contributed by atoms with Crippen molar-refractivity contribution in [1.82, 2.24) is 0 Å². The zero-order valence-corrected chi connectivity index (χ0v) is 9.03. The summed E-state index contributed by atoms with van der Waals surface area (Å²) in [6.07, 6.45) is 2.19. The second kappa shape index (κ2) is 3.14. The minimum atomic E-state index is -1.95. The molecule has 0 aromatic rings. The van der Waals surface area contributed by atoms with Crippen LogP contribution in [-0.2, 0) is 4.57 Å². The fraction of sp³-hybridized carbons (Fsp3) is 1.00. The minimum absolute atomic E-state index is 0.0674. The number of rotatable bonds is 1. The molecule has 0 spiro atoms. The number of alkyl halides is 1. The topological polar surface area (TPSA) is 17.1 Å². The standard InChI is InChI=1S/C9H18FOP/c1-8(2)9(10)4-6-12(3,11)7-5-9/h8H,4-7H2,1-3H3. The monoisotopic (exact) mass is 192 g/mol. The summed E-state index contributed by atoms with van der Waals surface area (Å²) in [5.41, 5.74) is -1.04. The van der Waals surface area contributed by atoms with Crippen LogP contribution >= 0.6 is 7.14 Å². The van der Waals surface area contributed by atoms with Crippen molar-refractivity contribution >= 4 is 7.14 Å². The normalized spacial score (nSPS) is 43.4. The zero-order valence-electron chi connectivity index (χ0n) is 8.14. The quantitative estimate of drug-likeness (QED) is 0.583. The van der Waals surface area contributed by atoms with Gasteiger partial charge in [-0.1, -0.05) is 13.8 Å². The molecule has 3 heteroatoms. The van der Waals surface area contributed by atoms with Gasteiger partial charge in [-0.3, -0.25) is 0 Å². The van der Waals surface area contributed by atoms with Crippen LogP contribution in [0.5, 0.6) is 0 Å². The molecule has 1 aliphatic rings. The molecule has 1 nitrogen and oxygen atoms in total. The zero-order chi connectivity index (χ0) is 9.41. The van der Waals surface area contributed by atoms with Gasteiger partial charge in [0.25, 0.3) is 0 Å². The van der Waals surface area contributed by atoms with Crippen molar-refractivity contribution in [3.63, 3.8) is 0 Å². The molecule has 0 saturated carbocycles. The molecule has 0 bridgehead atoms. The van der Waals surface area contributed by atoms with Gasteiger partial charge in [0, 0.05) is 12.3 Å². The second-order valence-corrected chi connectivity index (χ2v) is 7.92. The maximum atomic E-state index is 13.9. The van der Waals surface area contributed by atoms with E-state index in [1.807, 2.05) is 13.8 Å². The molecule has 0 aromatic heterocycles. The number of hydrogen-bond acceptors (Lipinski definition) is 1. The van der Waals surface area contributed by atoms with Gasteiger partial charge in [0.05, 0.1) is 7.14 Å². The third-order valence-corrected chi connectivity index (χ3v) is 5.37. The Kier molecular flexibility index (Phi) is 2.68. The van der Waals surface area contributed by atoms with Gasteiger partial charge in [0.1, 0.15) is 5.67 Å². The molecule has 0 amide bonds. The van der Waals surface area contributed by atoms with E-state index in [1.165, 1.54) is 0 Å². The molecule has 1 rings (SSSR count). The second-order valence-electron chi connectivity index (χ2n) is 4.43. The Morgan fingerprint density at radius 1 is 1.33 bits per heavy atom. The van der Waals surface area contributed by atoms with Gasteiger partial charge in [0.2, 0.25) is 0 Å². The highest BCUT2D eigenvalue weighted by Gasteiger charge is 2.40. The molecule has 0 aromatic carbocycles. The Morgan fingerprint density at radius 3 is 2.08 bits per heavy atom. The number of halogens is 1. The smallest absolute Gasteiger partial charge is 0.114 e. The lowest BCUT2D eigenvalue weighted by molar-refractivity contribution is 0.0874. The van der Waals surface area contributed by atoms with E-state index in [1.54, 1.807) is 6.66 Å². The van der Waals surface area contributed by atoms with Crippen LogP contribution < -0.4 is 0 Å². The van der Waals surface area contributed by atoms with E-state index in [2.05, 4.69) is 0 Å². The van der Waals surface area contributed by atoms with Crippen molar-refractivity contribution in [3.8, 4) is 0 Å².